The second-order valence-corrected chi connectivity index (χ2v) is 8.46. The van der Waals surface area contributed by atoms with Crippen LogP contribution in [0.1, 0.15) is 20.8 Å². The predicted octanol–water partition coefficient (Wildman–Crippen LogP) is 5.47. The number of aromatic nitrogens is 4. The highest BCUT2D eigenvalue weighted by Gasteiger charge is 2.16. The van der Waals surface area contributed by atoms with Crippen LogP contribution in [-0.4, -0.2) is 25.8 Å². The van der Waals surface area contributed by atoms with Crippen molar-refractivity contribution in [3.05, 3.63) is 84.5 Å². The highest BCUT2D eigenvalue weighted by Crippen LogP contribution is 2.30. The molecule has 32 heavy (non-hydrogen) atoms. The Bertz CT molecular complexity index is 1360. The van der Waals surface area contributed by atoms with Crippen molar-refractivity contribution in [2.45, 2.75) is 20.8 Å². The van der Waals surface area contributed by atoms with Crippen molar-refractivity contribution < 1.29 is 4.79 Å². The number of H-pyrrole nitrogens is 1. The number of hydrogen-bond donors (Lipinski definition) is 2. The summed E-state index contributed by atoms with van der Waals surface area (Å²) in [6, 6.07) is 11.4. The van der Waals surface area contributed by atoms with Crippen molar-refractivity contribution in [3.8, 4) is 22.4 Å². The number of carbonyl (C=O) groups is 1. The molecule has 0 aliphatic carbocycles. The van der Waals surface area contributed by atoms with Gasteiger partial charge in [-0.1, -0.05) is 39.0 Å². The number of anilines is 1. The number of carbonyl (C=O) groups excluding carboxylic acids is 1. The molecule has 0 atom stereocenters. The Balaban J connectivity index is 1.66. The maximum atomic E-state index is 12.6. The zero-order chi connectivity index (χ0) is 22.7. The molecule has 0 bridgehead atoms. The highest BCUT2D eigenvalue weighted by atomic mass is 16.2. The minimum atomic E-state index is -0.419. The van der Waals surface area contributed by atoms with Gasteiger partial charge in [-0.05, 0) is 35.2 Å². The van der Waals surface area contributed by atoms with Crippen molar-refractivity contribution in [3.63, 3.8) is 0 Å². The summed E-state index contributed by atoms with van der Waals surface area (Å²) in [6.45, 7) is 13.2. The monoisotopic (exact) mass is 422 g/mol. The molecule has 0 aliphatic rings. The lowest BCUT2D eigenvalue weighted by Gasteiger charge is -2.13. The van der Waals surface area contributed by atoms with Crippen LogP contribution in [0.25, 0.3) is 38.3 Å². The summed E-state index contributed by atoms with van der Waals surface area (Å²) in [6.07, 6.45) is 8.57. The molecular formula is C25H22N6O. The van der Waals surface area contributed by atoms with Gasteiger partial charge in [0.05, 0.1) is 12.3 Å². The average Bonchev–Trinajstić information content (AvgIpc) is 3.21. The molecule has 7 heteroatoms. The topological polar surface area (TPSA) is 87.9 Å². The van der Waals surface area contributed by atoms with Gasteiger partial charge in [0, 0.05) is 40.8 Å². The SMILES string of the molecule is [C-]#[N+]/C(=C/C(C)(C)C)C(=O)Nc1cccc(-c2cnc3[nH]cc(-c4ccncn4)c3c2)c1. The summed E-state index contributed by atoms with van der Waals surface area (Å²) in [5, 5.41) is 3.77. The van der Waals surface area contributed by atoms with Gasteiger partial charge in [0.1, 0.15) is 12.0 Å². The number of hydrogen-bond acceptors (Lipinski definition) is 4. The first-order valence-electron chi connectivity index (χ1n) is 10.1. The fourth-order valence-corrected chi connectivity index (χ4v) is 3.35. The number of benzene rings is 1. The molecule has 0 aliphatic heterocycles. The Morgan fingerprint density at radius 2 is 2.00 bits per heavy atom. The number of rotatable bonds is 4. The standard InChI is InChI=1S/C25H22N6O/c1-25(2,3)12-22(26-4)24(32)31-18-7-5-6-16(10-18)17-11-19-20(14-29-23(19)28-13-17)21-8-9-27-15-30-21/h5-15H,1-3H3,(H,28,29)(H,31,32)/b22-12+. The summed E-state index contributed by atoms with van der Waals surface area (Å²) < 4.78 is 0. The van der Waals surface area contributed by atoms with E-state index in [0.29, 0.717) is 5.69 Å². The van der Waals surface area contributed by atoms with Crippen molar-refractivity contribution >= 4 is 22.6 Å². The zero-order valence-electron chi connectivity index (χ0n) is 18.0. The molecule has 7 nitrogen and oxygen atoms in total. The van der Waals surface area contributed by atoms with Crippen molar-refractivity contribution in [2.24, 2.45) is 5.41 Å². The van der Waals surface area contributed by atoms with Gasteiger partial charge in [-0.2, -0.15) is 0 Å². The van der Waals surface area contributed by atoms with E-state index < -0.39 is 5.91 Å². The lowest BCUT2D eigenvalue weighted by Crippen LogP contribution is -2.15. The summed E-state index contributed by atoms with van der Waals surface area (Å²) in [7, 11) is 0. The van der Waals surface area contributed by atoms with Gasteiger partial charge in [0.2, 0.25) is 5.70 Å². The lowest BCUT2D eigenvalue weighted by molar-refractivity contribution is -0.112. The van der Waals surface area contributed by atoms with Crippen LogP contribution in [0.15, 0.2) is 73.1 Å². The molecule has 0 radical (unpaired) electrons. The van der Waals surface area contributed by atoms with Crippen LogP contribution >= 0.6 is 0 Å². The van der Waals surface area contributed by atoms with Crippen LogP contribution < -0.4 is 5.32 Å². The first kappa shape index (κ1) is 20.9. The second-order valence-electron chi connectivity index (χ2n) is 8.46. The van der Waals surface area contributed by atoms with E-state index in [1.807, 2.05) is 57.3 Å². The summed E-state index contributed by atoms with van der Waals surface area (Å²) in [5.74, 6) is -0.419. The third-order valence-electron chi connectivity index (χ3n) is 4.77. The molecule has 2 N–H and O–H groups in total. The lowest BCUT2D eigenvalue weighted by atomic mass is 9.95. The van der Waals surface area contributed by atoms with Gasteiger partial charge in [-0.25, -0.2) is 19.8 Å². The zero-order valence-corrected chi connectivity index (χ0v) is 18.0. The smallest absolute Gasteiger partial charge is 0.254 e. The Hall–Kier alpha value is -4.31. The van der Waals surface area contributed by atoms with Gasteiger partial charge in [0.25, 0.3) is 5.91 Å². The fraction of sp³-hybridized carbons (Fsp3) is 0.160. The van der Waals surface area contributed by atoms with Crippen LogP contribution in [0, 0.1) is 12.0 Å². The van der Waals surface area contributed by atoms with Crippen LogP contribution in [-0.2, 0) is 4.79 Å². The van der Waals surface area contributed by atoms with Gasteiger partial charge in [-0.3, -0.25) is 4.79 Å². The minimum absolute atomic E-state index is 0.0767. The summed E-state index contributed by atoms with van der Waals surface area (Å²) >= 11 is 0. The maximum absolute atomic E-state index is 12.6. The van der Waals surface area contributed by atoms with Crippen molar-refractivity contribution in [1.29, 1.82) is 0 Å². The molecule has 158 valence electrons. The van der Waals surface area contributed by atoms with E-state index >= 15 is 0 Å². The van der Waals surface area contributed by atoms with Gasteiger partial charge in [-0.15, -0.1) is 0 Å². The Kier molecular flexibility index (Phi) is 5.52. The highest BCUT2D eigenvalue weighted by molar-refractivity contribution is 6.05. The van der Waals surface area contributed by atoms with E-state index in [9.17, 15) is 4.79 Å². The molecule has 0 spiro atoms. The third-order valence-corrected chi connectivity index (χ3v) is 4.77. The van der Waals surface area contributed by atoms with E-state index in [-0.39, 0.29) is 11.1 Å². The molecule has 1 amide bonds. The molecule has 3 aromatic heterocycles. The van der Waals surface area contributed by atoms with Crippen LogP contribution in [0.4, 0.5) is 5.69 Å². The number of allylic oxidation sites excluding steroid dienone is 1. The van der Waals surface area contributed by atoms with E-state index in [0.717, 1.165) is 33.4 Å². The van der Waals surface area contributed by atoms with Gasteiger partial charge in [0.15, 0.2) is 0 Å². The molecule has 0 saturated carbocycles. The second kappa shape index (κ2) is 8.44. The molecular weight excluding hydrogens is 400 g/mol. The quantitative estimate of drug-likeness (QED) is 0.337. The van der Waals surface area contributed by atoms with E-state index in [2.05, 4.69) is 30.1 Å². The number of nitrogens with zero attached hydrogens (tertiary/aromatic N) is 4. The van der Waals surface area contributed by atoms with Crippen LogP contribution in [0.3, 0.4) is 0 Å². The van der Waals surface area contributed by atoms with E-state index in [1.165, 1.54) is 6.33 Å². The first-order valence-corrected chi connectivity index (χ1v) is 10.1. The number of aromatic amines is 1. The summed E-state index contributed by atoms with van der Waals surface area (Å²) in [4.78, 5) is 32.0. The number of amides is 1. The Labute approximate surface area is 186 Å². The van der Waals surface area contributed by atoms with Crippen molar-refractivity contribution in [1.82, 2.24) is 19.9 Å². The Morgan fingerprint density at radius 1 is 1.16 bits per heavy atom. The van der Waals surface area contributed by atoms with Crippen LogP contribution in [0.2, 0.25) is 0 Å². The number of nitrogens with one attached hydrogen (secondary N) is 2. The molecule has 0 saturated heterocycles. The molecule has 1 aromatic carbocycles. The Morgan fingerprint density at radius 3 is 2.72 bits per heavy atom. The molecule has 4 aromatic rings. The maximum Gasteiger partial charge on any atom is 0.254 e. The normalized spacial score (nSPS) is 11.9. The van der Waals surface area contributed by atoms with Gasteiger partial charge < -0.3 is 10.3 Å². The van der Waals surface area contributed by atoms with Crippen LogP contribution in [0.5, 0.6) is 0 Å². The van der Waals surface area contributed by atoms with E-state index in [4.69, 9.17) is 6.57 Å². The first-order chi connectivity index (χ1) is 15.3. The minimum Gasteiger partial charge on any atom is -0.345 e. The third kappa shape index (κ3) is 4.55. The largest absolute Gasteiger partial charge is 0.345 e. The molecule has 0 fully saturated rings. The molecule has 0 unspecified atom stereocenters. The number of pyridine rings is 1. The number of fused-ring (bicyclic) bond motifs is 1. The fourth-order valence-electron chi connectivity index (χ4n) is 3.35. The molecule has 4 rings (SSSR count). The average molecular weight is 422 g/mol. The summed E-state index contributed by atoms with van der Waals surface area (Å²) in [5.41, 5.74) is 4.74. The van der Waals surface area contributed by atoms with Crippen molar-refractivity contribution in [2.75, 3.05) is 5.32 Å². The predicted molar refractivity (Wildman–Crippen MR) is 125 cm³/mol. The van der Waals surface area contributed by atoms with E-state index in [1.54, 1.807) is 24.5 Å². The van der Waals surface area contributed by atoms with Gasteiger partial charge >= 0.3 is 0 Å². The molecule has 3 heterocycles.